The Morgan fingerprint density at radius 1 is 1.40 bits per heavy atom. The van der Waals surface area contributed by atoms with Gasteiger partial charge in [0.25, 0.3) is 0 Å². The number of guanidine groups is 1. The highest BCUT2D eigenvalue weighted by molar-refractivity contribution is 5.79. The van der Waals surface area contributed by atoms with Crippen molar-refractivity contribution < 1.29 is 22.6 Å². The Morgan fingerprint density at radius 2 is 2.24 bits per heavy atom. The molecule has 140 valence electrons. The fourth-order valence-electron chi connectivity index (χ4n) is 2.28. The summed E-state index contributed by atoms with van der Waals surface area (Å²) < 4.78 is 48.2. The van der Waals surface area contributed by atoms with E-state index in [2.05, 4.69) is 20.6 Å². The molecule has 0 bridgehead atoms. The summed E-state index contributed by atoms with van der Waals surface area (Å²) in [5.41, 5.74) is -0.798. The molecule has 2 N–H and O–H groups in total. The van der Waals surface area contributed by atoms with Gasteiger partial charge in [-0.15, -0.1) is 0 Å². The van der Waals surface area contributed by atoms with E-state index in [1.165, 1.54) is 6.07 Å². The lowest BCUT2D eigenvalue weighted by atomic mass is 10.2. The van der Waals surface area contributed by atoms with Crippen molar-refractivity contribution in [1.82, 2.24) is 15.6 Å². The quantitative estimate of drug-likeness (QED) is 0.443. The first kappa shape index (κ1) is 19.3. The predicted molar refractivity (Wildman–Crippen MR) is 87.7 cm³/mol. The van der Waals surface area contributed by atoms with Crippen molar-refractivity contribution in [3.05, 3.63) is 23.9 Å². The molecule has 1 atom stereocenters. The van der Waals surface area contributed by atoms with Crippen molar-refractivity contribution >= 4 is 5.96 Å². The molecule has 25 heavy (non-hydrogen) atoms. The normalized spacial score (nSPS) is 18.2. The standard InChI is InChI=1S/C16H23F3N4O2/c1-2-20-15(23-11-13-4-3-8-24-13)21-7-9-25-14-6-5-12(10-22-14)16(17,18)19/h5-6,10,13H,2-4,7-9,11H2,1H3,(H2,20,21,23). The number of rotatable bonds is 7. The number of halogens is 3. The van der Waals surface area contributed by atoms with Crippen LogP contribution in [-0.4, -0.2) is 49.9 Å². The van der Waals surface area contributed by atoms with Gasteiger partial charge in [0.05, 0.1) is 24.8 Å². The lowest BCUT2D eigenvalue weighted by molar-refractivity contribution is -0.137. The maximum absolute atomic E-state index is 12.5. The number of hydrogen-bond acceptors (Lipinski definition) is 4. The maximum atomic E-state index is 12.5. The minimum atomic E-state index is -4.40. The first-order valence-corrected chi connectivity index (χ1v) is 8.29. The van der Waals surface area contributed by atoms with Crippen LogP contribution in [0, 0.1) is 0 Å². The van der Waals surface area contributed by atoms with E-state index in [1.54, 1.807) is 0 Å². The van der Waals surface area contributed by atoms with Gasteiger partial charge in [0.1, 0.15) is 6.61 Å². The third kappa shape index (κ3) is 6.77. The number of ether oxygens (including phenoxy) is 2. The lowest BCUT2D eigenvalue weighted by Crippen LogP contribution is -2.39. The SMILES string of the molecule is CCNC(=NCC1CCCO1)NCCOc1ccc(C(F)(F)F)cn1. The molecule has 0 spiro atoms. The van der Waals surface area contributed by atoms with Crippen LogP contribution in [0.1, 0.15) is 25.3 Å². The molecule has 0 aromatic carbocycles. The largest absolute Gasteiger partial charge is 0.476 e. The molecular formula is C16H23F3N4O2. The summed E-state index contributed by atoms with van der Waals surface area (Å²) in [6, 6.07) is 2.16. The summed E-state index contributed by atoms with van der Waals surface area (Å²) in [5.74, 6) is 0.804. The zero-order valence-corrected chi connectivity index (χ0v) is 14.1. The zero-order chi connectivity index (χ0) is 18.1. The number of aliphatic imine (C=N–C) groups is 1. The van der Waals surface area contributed by atoms with Gasteiger partial charge in [0.2, 0.25) is 5.88 Å². The number of nitrogens with one attached hydrogen (secondary N) is 2. The van der Waals surface area contributed by atoms with Gasteiger partial charge in [-0.05, 0) is 25.8 Å². The topological polar surface area (TPSA) is 67.8 Å². The summed E-state index contributed by atoms with van der Waals surface area (Å²) in [5, 5.41) is 6.22. The first-order chi connectivity index (χ1) is 12.0. The van der Waals surface area contributed by atoms with Crippen LogP contribution in [0.3, 0.4) is 0 Å². The van der Waals surface area contributed by atoms with Crippen molar-refractivity contribution in [2.75, 3.05) is 32.8 Å². The second-order valence-corrected chi connectivity index (χ2v) is 5.51. The van der Waals surface area contributed by atoms with Crippen molar-refractivity contribution in [1.29, 1.82) is 0 Å². The van der Waals surface area contributed by atoms with E-state index in [4.69, 9.17) is 9.47 Å². The third-order valence-electron chi connectivity index (χ3n) is 3.53. The van der Waals surface area contributed by atoms with Crippen LogP contribution in [0.15, 0.2) is 23.3 Å². The fraction of sp³-hybridized carbons (Fsp3) is 0.625. The van der Waals surface area contributed by atoms with Crippen LogP contribution in [0.2, 0.25) is 0 Å². The molecule has 1 fully saturated rings. The Hall–Kier alpha value is -2.03. The summed E-state index contributed by atoms with van der Waals surface area (Å²) in [7, 11) is 0. The Labute approximate surface area is 144 Å². The van der Waals surface area contributed by atoms with Gasteiger partial charge >= 0.3 is 6.18 Å². The van der Waals surface area contributed by atoms with Crippen molar-refractivity contribution in [3.63, 3.8) is 0 Å². The van der Waals surface area contributed by atoms with E-state index in [9.17, 15) is 13.2 Å². The average molecular weight is 360 g/mol. The molecule has 1 aromatic rings. The molecule has 1 aliphatic rings. The monoisotopic (exact) mass is 360 g/mol. The van der Waals surface area contributed by atoms with E-state index in [0.717, 1.165) is 38.3 Å². The number of nitrogens with zero attached hydrogens (tertiary/aromatic N) is 2. The number of pyridine rings is 1. The highest BCUT2D eigenvalue weighted by Gasteiger charge is 2.30. The summed E-state index contributed by atoms with van der Waals surface area (Å²) in [6.07, 6.45) is -1.38. The second kappa shape index (κ2) is 9.45. The van der Waals surface area contributed by atoms with Crippen molar-refractivity contribution in [2.45, 2.75) is 32.0 Å². The minimum Gasteiger partial charge on any atom is -0.476 e. The summed E-state index contributed by atoms with van der Waals surface area (Å²) >= 11 is 0. The molecule has 1 aliphatic heterocycles. The van der Waals surface area contributed by atoms with E-state index in [0.29, 0.717) is 19.0 Å². The second-order valence-electron chi connectivity index (χ2n) is 5.51. The molecule has 6 nitrogen and oxygen atoms in total. The van der Waals surface area contributed by atoms with Crippen LogP contribution < -0.4 is 15.4 Å². The van der Waals surface area contributed by atoms with Crippen molar-refractivity contribution in [3.8, 4) is 5.88 Å². The van der Waals surface area contributed by atoms with Crippen LogP contribution in [0.25, 0.3) is 0 Å². The molecule has 1 saturated heterocycles. The summed E-state index contributed by atoms with van der Waals surface area (Å²) in [4.78, 5) is 8.11. The fourth-order valence-corrected chi connectivity index (χ4v) is 2.28. The lowest BCUT2D eigenvalue weighted by Gasteiger charge is -2.13. The molecular weight excluding hydrogens is 337 g/mol. The van der Waals surface area contributed by atoms with Gasteiger partial charge in [-0.2, -0.15) is 13.2 Å². The van der Waals surface area contributed by atoms with Crippen LogP contribution in [0.5, 0.6) is 5.88 Å². The van der Waals surface area contributed by atoms with E-state index in [-0.39, 0.29) is 18.6 Å². The van der Waals surface area contributed by atoms with Gasteiger partial charge in [0.15, 0.2) is 5.96 Å². The average Bonchev–Trinajstić information content (AvgIpc) is 3.09. The Morgan fingerprint density at radius 3 is 2.84 bits per heavy atom. The number of hydrogen-bond donors (Lipinski definition) is 2. The predicted octanol–water partition coefficient (Wildman–Crippen LogP) is 2.21. The Balaban J connectivity index is 1.73. The highest BCUT2D eigenvalue weighted by Crippen LogP contribution is 2.29. The van der Waals surface area contributed by atoms with Crippen molar-refractivity contribution in [2.24, 2.45) is 4.99 Å². The molecule has 0 amide bonds. The van der Waals surface area contributed by atoms with Crippen LogP contribution in [-0.2, 0) is 10.9 Å². The van der Waals surface area contributed by atoms with E-state index in [1.807, 2.05) is 6.92 Å². The molecule has 1 aromatic heterocycles. The number of alkyl halides is 3. The molecule has 9 heteroatoms. The Kier molecular flexibility index (Phi) is 7.30. The molecule has 2 rings (SSSR count). The molecule has 0 radical (unpaired) electrons. The van der Waals surface area contributed by atoms with E-state index >= 15 is 0 Å². The third-order valence-corrected chi connectivity index (χ3v) is 3.53. The zero-order valence-electron chi connectivity index (χ0n) is 14.1. The summed E-state index contributed by atoms with van der Waals surface area (Å²) in [6.45, 7) is 4.77. The maximum Gasteiger partial charge on any atom is 0.417 e. The van der Waals surface area contributed by atoms with E-state index < -0.39 is 11.7 Å². The van der Waals surface area contributed by atoms with Gasteiger partial charge in [-0.25, -0.2) is 4.98 Å². The highest BCUT2D eigenvalue weighted by atomic mass is 19.4. The van der Waals surface area contributed by atoms with Gasteiger partial charge in [0, 0.05) is 25.4 Å². The molecule has 1 unspecified atom stereocenters. The first-order valence-electron chi connectivity index (χ1n) is 8.29. The smallest absolute Gasteiger partial charge is 0.417 e. The Bertz CT molecular complexity index is 543. The molecule has 2 heterocycles. The van der Waals surface area contributed by atoms with Gasteiger partial charge < -0.3 is 20.1 Å². The minimum absolute atomic E-state index is 0.149. The van der Waals surface area contributed by atoms with Gasteiger partial charge in [-0.1, -0.05) is 0 Å². The van der Waals surface area contributed by atoms with Crippen LogP contribution >= 0.6 is 0 Å². The van der Waals surface area contributed by atoms with Gasteiger partial charge in [-0.3, -0.25) is 4.99 Å². The molecule has 0 aliphatic carbocycles. The number of aromatic nitrogens is 1. The molecule has 0 saturated carbocycles. The van der Waals surface area contributed by atoms with Crippen LogP contribution in [0.4, 0.5) is 13.2 Å².